The van der Waals surface area contributed by atoms with Crippen molar-refractivity contribution in [1.82, 2.24) is 20.9 Å². The number of fused-ring (bicyclic) bond motifs is 1. The molecule has 5 atom stereocenters. The van der Waals surface area contributed by atoms with E-state index in [1.807, 2.05) is 40.7 Å². The maximum atomic E-state index is 14.4. The Balaban J connectivity index is 1.33. The first kappa shape index (κ1) is 36.8. The fraction of sp³-hybridized carbons (Fsp3) is 0.694. The third-order valence-corrected chi connectivity index (χ3v) is 13.0. The Morgan fingerprint density at radius 3 is 2.18 bits per heavy atom. The Hall–Kier alpha value is -3.48. The molecular weight excluding hydrogens is 646 g/mol. The number of nitrogens with two attached hydrogens (primary N) is 1. The van der Waals surface area contributed by atoms with Gasteiger partial charge in [-0.3, -0.25) is 19.2 Å². The van der Waals surface area contributed by atoms with Crippen LogP contribution in [0.2, 0.25) is 0 Å². The Bertz CT molecular complexity index is 1560. The molecule has 12 nitrogen and oxygen atoms in total. The Kier molecular flexibility index (Phi) is 10.3. The van der Waals surface area contributed by atoms with Crippen LogP contribution in [-0.2, 0) is 34.8 Å². The predicted octanol–water partition coefficient (Wildman–Crippen LogP) is 2.84. The van der Waals surface area contributed by atoms with E-state index in [1.54, 1.807) is 24.3 Å². The number of carbonyl (C=O) groups is 5. The lowest BCUT2D eigenvalue weighted by atomic mass is 9.83. The van der Waals surface area contributed by atoms with Gasteiger partial charge in [0.15, 0.2) is 9.84 Å². The number of rotatable bonds is 13. The third-order valence-electron chi connectivity index (χ3n) is 11.2. The van der Waals surface area contributed by atoms with Crippen LogP contribution in [0.4, 0.5) is 4.79 Å². The molecule has 4 fully saturated rings. The van der Waals surface area contributed by atoms with E-state index in [0.717, 1.165) is 32.1 Å². The van der Waals surface area contributed by atoms with Gasteiger partial charge >= 0.3 is 6.03 Å². The minimum atomic E-state index is -3.59. The van der Waals surface area contributed by atoms with E-state index in [1.165, 1.54) is 4.90 Å². The largest absolute Gasteiger partial charge is 0.363 e. The van der Waals surface area contributed by atoms with E-state index < -0.39 is 68.5 Å². The number of primary amides is 1. The summed E-state index contributed by atoms with van der Waals surface area (Å²) in [4.78, 5) is 68.1. The zero-order valence-corrected chi connectivity index (χ0v) is 30.2. The molecule has 0 spiro atoms. The summed E-state index contributed by atoms with van der Waals surface area (Å²) in [7, 11) is -3.59. The molecule has 0 bridgehead atoms. The number of urea groups is 1. The van der Waals surface area contributed by atoms with Gasteiger partial charge in [-0.1, -0.05) is 97.1 Å². The number of hydrogen-bond donors (Lipinski definition) is 4. The second-order valence-electron chi connectivity index (χ2n) is 16.6. The smallest absolute Gasteiger partial charge is 0.315 e. The molecule has 13 heteroatoms. The maximum Gasteiger partial charge on any atom is 0.315 e. The first-order valence-corrected chi connectivity index (χ1v) is 19.4. The van der Waals surface area contributed by atoms with E-state index in [-0.39, 0.29) is 34.7 Å². The van der Waals surface area contributed by atoms with Crippen molar-refractivity contribution in [3.05, 3.63) is 35.9 Å². The molecule has 270 valence electrons. The summed E-state index contributed by atoms with van der Waals surface area (Å²) >= 11 is 0. The van der Waals surface area contributed by atoms with Crippen LogP contribution in [0.25, 0.3) is 0 Å². The number of ketones is 1. The molecule has 0 aromatic heterocycles. The van der Waals surface area contributed by atoms with Gasteiger partial charge in [0.2, 0.25) is 17.6 Å². The van der Waals surface area contributed by atoms with Gasteiger partial charge in [-0.25, -0.2) is 13.2 Å². The number of sulfone groups is 1. The number of piperidine rings is 1. The third kappa shape index (κ3) is 8.46. The van der Waals surface area contributed by atoms with Crippen LogP contribution in [0.5, 0.6) is 0 Å². The van der Waals surface area contributed by atoms with Crippen molar-refractivity contribution < 1.29 is 32.4 Å². The van der Waals surface area contributed by atoms with Gasteiger partial charge in [0.25, 0.3) is 5.91 Å². The number of Topliss-reactive ketones (excluding diaryl/α,β-unsaturated/α-hetero) is 1. The van der Waals surface area contributed by atoms with E-state index in [2.05, 4.69) is 16.0 Å². The Labute approximate surface area is 290 Å². The van der Waals surface area contributed by atoms with E-state index in [4.69, 9.17) is 5.73 Å². The first-order valence-electron chi connectivity index (χ1n) is 17.6. The van der Waals surface area contributed by atoms with Crippen LogP contribution in [0, 0.1) is 28.6 Å². The summed E-state index contributed by atoms with van der Waals surface area (Å²) in [5.74, 6) is -3.12. The molecule has 1 heterocycles. The highest BCUT2D eigenvalue weighted by Gasteiger charge is 2.70. The normalized spacial score (nSPS) is 25.3. The van der Waals surface area contributed by atoms with Crippen molar-refractivity contribution in [3.8, 4) is 0 Å². The second kappa shape index (κ2) is 13.7. The molecule has 1 aromatic carbocycles. The molecular formula is C36H53N5O7S. The summed E-state index contributed by atoms with van der Waals surface area (Å²) < 4.78 is 26.8. The average Bonchev–Trinajstić information content (AvgIpc) is 3.86. The molecule has 0 radical (unpaired) electrons. The zero-order valence-electron chi connectivity index (χ0n) is 29.4. The maximum absolute atomic E-state index is 14.4. The fourth-order valence-corrected chi connectivity index (χ4v) is 10.2. The highest BCUT2D eigenvalue weighted by molar-refractivity contribution is 7.90. The highest BCUT2D eigenvalue weighted by atomic mass is 32.2. The van der Waals surface area contributed by atoms with Crippen LogP contribution < -0.4 is 21.7 Å². The number of amides is 5. The second-order valence-corrected chi connectivity index (χ2v) is 18.7. The number of nitrogens with one attached hydrogen (secondary N) is 3. The van der Waals surface area contributed by atoms with Crippen LogP contribution >= 0.6 is 0 Å². The molecule has 1 aromatic rings. The lowest BCUT2D eigenvalue weighted by Gasteiger charge is -2.40. The Morgan fingerprint density at radius 1 is 0.980 bits per heavy atom. The molecule has 3 saturated carbocycles. The first-order chi connectivity index (χ1) is 22.8. The van der Waals surface area contributed by atoms with Gasteiger partial charge in [-0.05, 0) is 53.4 Å². The molecule has 5 N–H and O–H groups in total. The van der Waals surface area contributed by atoms with Crippen molar-refractivity contribution in [2.45, 2.75) is 115 Å². The molecule has 3 aliphatic carbocycles. The predicted molar refractivity (Wildman–Crippen MR) is 184 cm³/mol. The summed E-state index contributed by atoms with van der Waals surface area (Å²) in [5, 5.41) is 8.64. The average molecular weight is 700 g/mol. The standard InChI is InChI=1S/C36H53N5O7S/c1-34(2,3)29(39-33(46)40-36(16-10-7-11-17-36)21-49(47,48)20-23-12-8-6-9-13-23)32(45)41-19-24-26(35(24,4)5)27(41)31(44)38-25(18-22-14-15-22)28(42)30(37)43/h6,8-9,12-13,22,24-27,29H,7,10-11,14-21H2,1-5H3,(H2,37,43)(H,38,44)(H2,39,40,46)/t24?,25?,26?,27-,29+/m0/s1. The van der Waals surface area contributed by atoms with Crippen LogP contribution in [0.1, 0.15) is 91.5 Å². The van der Waals surface area contributed by atoms with Gasteiger partial charge in [-0.2, -0.15) is 0 Å². The van der Waals surface area contributed by atoms with Gasteiger partial charge < -0.3 is 26.6 Å². The number of carbonyl (C=O) groups excluding carboxylic acids is 5. The molecule has 3 unspecified atom stereocenters. The Morgan fingerprint density at radius 2 is 1.61 bits per heavy atom. The SMILES string of the molecule is CC1(C)C2CN(C(=O)[C@@H](NC(=O)NC3(CS(=O)(=O)Cc4ccccc4)CCCCC3)C(C)(C)C)[C@H](C(=O)NC(CC3CC3)C(=O)C(N)=O)C21. The quantitative estimate of drug-likeness (QED) is 0.228. The molecule has 5 amide bonds. The molecule has 1 saturated heterocycles. The van der Waals surface area contributed by atoms with E-state index in [9.17, 15) is 32.4 Å². The lowest BCUT2D eigenvalue weighted by molar-refractivity contribution is -0.145. The minimum Gasteiger partial charge on any atom is -0.363 e. The number of nitrogens with zero attached hydrogens (tertiary/aromatic N) is 1. The lowest BCUT2D eigenvalue weighted by Crippen LogP contribution is -2.64. The number of benzene rings is 1. The molecule has 49 heavy (non-hydrogen) atoms. The van der Waals surface area contributed by atoms with Crippen molar-refractivity contribution in [3.63, 3.8) is 0 Å². The fourth-order valence-electron chi connectivity index (χ4n) is 8.22. The van der Waals surface area contributed by atoms with Crippen molar-refractivity contribution >= 4 is 39.4 Å². The monoisotopic (exact) mass is 699 g/mol. The van der Waals surface area contributed by atoms with Gasteiger partial charge in [-0.15, -0.1) is 0 Å². The minimum absolute atomic E-state index is 0.0516. The zero-order chi connectivity index (χ0) is 35.9. The molecule has 5 rings (SSSR count). The van der Waals surface area contributed by atoms with Crippen LogP contribution in [0.15, 0.2) is 30.3 Å². The van der Waals surface area contributed by atoms with Crippen LogP contribution in [-0.4, -0.2) is 78.8 Å². The van der Waals surface area contributed by atoms with Gasteiger partial charge in [0.05, 0.1) is 23.1 Å². The van der Waals surface area contributed by atoms with Gasteiger partial charge in [0.1, 0.15) is 12.1 Å². The summed E-state index contributed by atoms with van der Waals surface area (Å²) in [6.07, 6.45) is 5.62. The molecule has 1 aliphatic heterocycles. The number of hydrogen-bond acceptors (Lipinski definition) is 7. The summed E-state index contributed by atoms with van der Waals surface area (Å²) in [5.41, 5.74) is 4.03. The van der Waals surface area contributed by atoms with Gasteiger partial charge in [0, 0.05) is 6.54 Å². The summed E-state index contributed by atoms with van der Waals surface area (Å²) in [6, 6.07) is 5.34. The summed E-state index contributed by atoms with van der Waals surface area (Å²) in [6.45, 7) is 9.87. The van der Waals surface area contributed by atoms with E-state index in [0.29, 0.717) is 31.4 Å². The van der Waals surface area contributed by atoms with Crippen molar-refractivity contribution in [2.24, 2.45) is 34.3 Å². The highest BCUT2D eigenvalue weighted by Crippen LogP contribution is 2.65. The van der Waals surface area contributed by atoms with E-state index >= 15 is 0 Å². The number of likely N-dealkylation sites (tertiary alicyclic amines) is 1. The topological polar surface area (TPSA) is 185 Å². The molecule has 4 aliphatic rings. The van der Waals surface area contributed by atoms with Crippen molar-refractivity contribution in [1.29, 1.82) is 0 Å². The van der Waals surface area contributed by atoms with Crippen LogP contribution in [0.3, 0.4) is 0 Å². The van der Waals surface area contributed by atoms with Crippen molar-refractivity contribution in [2.75, 3.05) is 12.3 Å².